The summed E-state index contributed by atoms with van der Waals surface area (Å²) >= 11 is 0. The Morgan fingerprint density at radius 3 is 2.30 bits per heavy atom. The minimum atomic E-state index is -0.0912. The lowest BCUT2D eigenvalue weighted by Gasteiger charge is -2.34. The van der Waals surface area contributed by atoms with Gasteiger partial charge in [-0.3, -0.25) is 9.59 Å². The fraction of sp³-hybridized carbons (Fsp3) is 0.579. The molecular formula is C19H28N2O2. The van der Waals surface area contributed by atoms with E-state index in [2.05, 4.69) is 5.32 Å². The van der Waals surface area contributed by atoms with Crippen molar-refractivity contribution >= 4 is 11.8 Å². The van der Waals surface area contributed by atoms with Crippen LogP contribution in [-0.4, -0.2) is 35.8 Å². The second-order valence-corrected chi connectivity index (χ2v) is 6.63. The number of carbonyl (C=O) groups excluding carboxylic acids is 2. The van der Waals surface area contributed by atoms with Gasteiger partial charge < -0.3 is 10.2 Å². The van der Waals surface area contributed by atoms with Crippen molar-refractivity contribution in [2.45, 2.75) is 52.0 Å². The van der Waals surface area contributed by atoms with Crippen molar-refractivity contribution in [2.75, 3.05) is 13.1 Å². The van der Waals surface area contributed by atoms with E-state index < -0.39 is 0 Å². The number of likely N-dealkylation sites (tertiary alicyclic amines) is 1. The number of piperidine rings is 1. The minimum absolute atomic E-state index is 0.0451. The highest BCUT2D eigenvalue weighted by Gasteiger charge is 2.27. The predicted molar refractivity (Wildman–Crippen MR) is 92.1 cm³/mol. The molecule has 2 rings (SSSR count). The van der Waals surface area contributed by atoms with Gasteiger partial charge in [0.1, 0.15) is 0 Å². The zero-order chi connectivity index (χ0) is 16.8. The molecule has 0 spiro atoms. The molecule has 1 aromatic carbocycles. The quantitative estimate of drug-likeness (QED) is 0.908. The van der Waals surface area contributed by atoms with Gasteiger partial charge >= 0.3 is 0 Å². The summed E-state index contributed by atoms with van der Waals surface area (Å²) in [5.74, 6) is 0.271. The summed E-state index contributed by atoms with van der Waals surface area (Å²) in [5, 5.41) is 3.18. The predicted octanol–water partition coefficient (Wildman–Crippen LogP) is 2.94. The molecule has 0 aromatic heterocycles. The molecule has 4 heteroatoms. The molecule has 0 aliphatic carbocycles. The Balaban J connectivity index is 1.88. The van der Waals surface area contributed by atoms with Crippen molar-refractivity contribution in [1.29, 1.82) is 0 Å². The van der Waals surface area contributed by atoms with E-state index in [0.717, 1.165) is 37.9 Å². The number of nitrogens with one attached hydrogen (secondary N) is 1. The lowest BCUT2D eigenvalue weighted by Crippen LogP contribution is -2.48. The molecule has 1 atom stereocenters. The van der Waals surface area contributed by atoms with E-state index in [1.807, 2.05) is 56.0 Å². The number of hydrogen-bond acceptors (Lipinski definition) is 2. The third-order valence-corrected chi connectivity index (χ3v) is 4.57. The van der Waals surface area contributed by atoms with E-state index in [4.69, 9.17) is 0 Å². The first kappa shape index (κ1) is 17.5. The van der Waals surface area contributed by atoms with E-state index in [-0.39, 0.29) is 29.7 Å². The molecule has 1 saturated heterocycles. The Hall–Kier alpha value is -1.84. The second kappa shape index (κ2) is 8.14. The number of benzene rings is 1. The Bertz CT molecular complexity index is 519. The molecule has 23 heavy (non-hydrogen) atoms. The van der Waals surface area contributed by atoms with Gasteiger partial charge in [-0.2, -0.15) is 0 Å². The fourth-order valence-corrected chi connectivity index (χ4v) is 3.17. The summed E-state index contributed by atoms with van der Waals surface area (Å²) in [6.07, 6.45) is 2.48. The maximum Gasteiger partial charge on any atom is 0.227 e. The van der Waals surface area contributed by atoms with Gasteiger partial charge in [-0.15, -0.1) is 0 Å². The highest BCUT2D eigenvalue weighted by molar-refractivity contribution is 5.84. The number of hydrogen-bond donors (Lipinski definition) is 1. The smallest absolute Gasteiger partial charge is 0.227 e. The standard InChI is InChI=1S/C19H28N2O2/c1-4-17(15-8-6-5-7-9-15)18(22)20-16-10-12-21(13-11-16)19(23)14(2)3/h5-9,14,16-17H,4,10-13H2,1-3H3,(H,20,22)/t17-/m1/s1. The van der Waals surface area contributed by atoms with Crippen molar-refractivity contribution in [3.05, 3.63) is 35.9 Å². The normalized spacial score (nSPS) is 17.1. The van der Waals surface area contributed by atoms with Crippen LogP contribution < -0.4 is 5.32 Å². The number of amides is 2. The van der Waals surface area contributed by atoms with Gasteiger partial charge in [0, 0.05) is 25.0 Å². The molecule has 1 aromatic rings. The fourth-order valence-electron chi connectivity index (χ4n) is 3.17. The summed E-state index contributed by atoms with van der Waals surface area (Å²) in [6.45, 7) is 7.39. The molecular weight excluding hydrogens is 288 g/mol. The first-order valence-electron chi connectivity index (χ1n) is 8.67. The molecule has 1 aliphatic heterocycles. The van der Waals surface area contributed by atoms with Crippen molar-refractivity contribution in [3.63, 3.8) is 0 Å². The highest BCUT2D eigenvalue weighted by atomic mass is 16.2. The molecule has 1 aliphatic rings. The molecule has 1 heterocycles. The van der Waals surface area contributed by atoms with Gasteiger partial charge in [0.05, 0.1) is 5.92 Å². The van der Waals surface area contributed by atoms with Crippen LogP contribution >= 0.6 is 0 Å². The number of carbonyl (C=O) groups is 2. The lowest BCUT2D eigenvalue weighted by molar-refractivity contribution is -0.135. The third kappa shape index (κ3) is 4.57. The second-order valence-electron chi connectivity index (χ2n) is 6.63. The molecule has 2 amide bonds. The average Bonchev–Trinajstić information content (AvgIpc) is 2.56. The molecule has 4 nitrogen and oxygen atoms in total. The van der Waals surface area contributed by atoms with Gasteiger partial charge in [-0.1, -0.05) is 51.1 Å². The SMILES string of the molecule is CC[C@@H](C(=O)NC1CCN(C(=O)C(C)C)CC1)c1ccccc1. The lowest BCUT2D eigenvalue weighted by atomic mass is 9.94. The molecule has 1 fully saturated rings. The molecule has 126 valence electrons. The van der Waals surface area contributed by atoms with E-state index in [1.165, 1.54) is 0 Å². The van der Waals surface area contributed by atoms with Crippen molar-refractivity contribution in [1.82, 2.24) is 10.2 Å². The molecule has 0 radical (unpaired) electrons. The van der Waals surface area contributed by atoms with Crippen LogP contribution in [0.1, 0.15) is 51.5 Å². The van der Waals surface area contributed by atoms with Gasteiger partial charge in [0.25, 0.3) is 0 Å². The van der Waals surface area contributed by atoms with Crippen molar-refractivity contribution in [3.8, 4) is 0 Å². The topological polar surface area (TPSA) is 49.4 Å². The van der Waals surface area contributed by atoms with Crippen molar-refractivity contribution < 1.29 is 9.59 Å². The van der Waals surface area contributed by atoms with Crippen LogP contribution in [0.2, 0.25) is 0 Å². The minimum Gasteiger partial charge on any atom is -0.353 e. The van der Waals surface area contributed by atoms with Gasteiger partial charge in [-0.25, -0.2) is 0 Å². The van der Waals surface area contributed by atoms with Gasteiger partial charge in [0.2, 0.25) is 11.8 Å². The van der Waals surface area contributed by atoms with Gasteiger partial charge in [0.15, 0.2) is 0 Å². The Labute approximate surface area is 139 Å². The van der Waals surface area contributed by atoms with Crippen LogP contribution in [0.5, 0.6) is 0 Å². The van der Waals surface area contributed by atoms with E-state index in [9.17, 15) is 9.59 Å². The van der Waals surface area contributed by atoms with Crippen LogP contribution in [0.3, 0.4) is 0 Å². The number of nitrogens with zero attached hydrogens (tertiary/aromatic N) is 1. The molecule has 0 saturated carbocycles. The Morgan fingerprint density at radius 2 is 1.78 bits per heavy atom. The Morgan fingerprint density at radius 1 is 1.17 bits per heavy atom. The molecule has 1 N–H and O–H groups in total. The van der Waals surface area contributed by atoms with Crippen LogP contribution in [0.25, 0.3) is 0 Å². The summed E-state index contributed by atoms with van der Waals surface area (Å²) in [5.41, 5.74) is 1.07. The Kier molecular flexibility index (Phi) is 6.20. The van der Waals surface area contributed by atoms with E-state index in [0.29, 0.717) is 0 Å². The maximum atomic E-state index is 12.6. The average molecular weight is 316 g/mol. The third-order valence-electron chi connectivity index (χ3n) is 4.57. The van der Waals surface area contributed by atoms with Crippen LogP contribution in [0.15, 0.2) is 30.3 Å². The highest BCUT2D eigenvalue weighted by Crippen LogP contribution is 2.21. The van der Waals surface area contributed by atoms with E-state index >= 15 is 0 Å². The van der Waals surface area contributed by atoms with Gasteiger partial charge in [-0.05, 0) is 24.8 Å². The zero-order valence-corrected chi connectivity index (χ0v) is 14.4. The largest absolute Gasteiger partial charge is 0.353 e. The van der Waals surface area contributed by atoms with E-state index in [1.54, 1.807) is 0 Å². The van der Waals surface area contributed by atoms with Crippen LogP contribution in [0, 0.1) is 5.92 Å². The summed E-state index contributed by atoms with van der Waals surface area (Å²) < 4.78 is 0. The first-order valence-corrected chi connectivity index (χ1v) is 8.67. The maximum absolute atomic E-state index is 12.6. The molecule has 0 bridgehead atoms. The monoisotopic (exact) mass is 316 g/mol. The summed E-state index contributed by atoms with van der Waals surface area (Å²) in [4.78, 5) is 26.5. The van der Waals surface area contributed by atoms with Crippen LogP contribution in [-0.2, 0) is 9.59 Å². The summed E-state index contributed by atoms with van der Waals surface area (Å²) in [6, 6.07) is 10.1. The number of rotatable bonds is 5. The molecule has 0 unspecified atom stereocenters. The zero-order valence-electron chi connectivity index (χ0n) is 14.4. The first-order chi connectivity index (χ1) is 11.0. The summed E-state index contributed by atoms with van der Waals surface area (Å²) in [7, 11) is 0. The van der Waals surface area contributed by atoms with Crippen LogP contribution in [0.4, 0.5) is 0 Å². The van der Waals surface area contributed by atoms with Crippen molar-refractivity contribution in [2.24, 2.45) is 5.92 Å².